The van der Waals surface area contributed by atoms with Gasteiger partial charge in [0.2, 0.25) is 0 Å². The minimum absolute atomic E-state index is 0.859. The fourth-order valence-corrected chi connectivity index (χ4v) is 3.98. The monoisotopic (exact) mass is 385 g/mol. The van der Waals surface area contributed by atoms with Crippen molar-refractivity contribution >= 4 is 27.3 Å². The van der Waals surface area contributed by atoms with Gasteiger partial charge in [-0.25, -0.2) is 9.97 Å². The average Bonchev–Trinajstić information content (AvgIpc) is 3.11. The number of halogens is 1. The van der Waals surface area contributed by atoms with Crippen molar-refractivity contribution in [1.82, 2.24) is 14.9 Å². The van der Waals surface area contributed by atoms with E-state index in [9.17, 15) is 0 Å². The van der Waals surface area contributed by atoms with Gasteiger partial charge in [0, 0.05) is 42.3 Å². The summed E-state index contributed by atoms with van der Waals surface area (Å²) in [5.41, 5.74) is 3.78. The Hall–Kier alpha value is -1.56. The summed E-state index contributed by atoms with van der Waals surface area (Å²) in [5, 5.41) is 2.07. The number of aromatic nitrogens is 2. The van der Waals surface area contributed by atoms with Crippen molar-refractivity contribution < 1.29 is 0 Å². The molecule has 4 rings (SSSR count). The Morgan fingerprint density at radius 3 is 2.91 bits per heavy atom. The minimum Gasteiger partial charge on any atom is -0.294 e. The maximum atomic E-state index is 4.78. The van der Waals surface area contributed by atoms with Crippen LogP contribution in [0.15, 0.2) is 52.4 Å². The summed E-state index contributed by atoms with van der Waals surface area (Å²) >= 11 is 5.33. The molecule has 1 aromatic carbocycles. The lowest BCUT2D eigenvalue weighted by molar-refractivity contribution is 0.242. The van der Waals surface area contributed by atoms with Crippen molar-refractivity contribution in [2.24, 2.45) is 0 Å². The Labute approximate surface area is 148 Å². The first-order chi connectivity index (χ1) is 11.3. The summed E-state index contributed by atoms with van der Waals surface area (Å²) in [6.07, 6.45) is 2.99. The molecular formula is C18H16BrN3S. The number of rotatable bonds is 3. The van der Waals surface area contributed by atoms with Crippen LogP contribution >= 0.6 is 27.3 Å². The predicted octanol–water partition coefficient (Wildman–Crippen LogP) is 4.53. The fraction of sp³-hybridized carbons (Fsp3) is 0.222. The number of fused-ring (bicyclic) bond motifs is 1. The van der Waals surface area contributed by atoms with E-state index in [2.05, 4.69) is 61.5 Å². The largest absolute Gasteiger partial charge is 0.294 e. The van der Waals surface area contributed by atoms with Gasteiger partial charge in [0.25, 0.3) is 0 Å². The Morgan fingerprint density at radius 2 is 2.09 bits per heavy atom. The lowest BCUT2D eigenvalue weighted by Crippen LogP contribution is -2.31. The molecule has 0 spiro atoms. The van der Waals surface area contributed by atoms with Gasteiger partial charge in [-0.05, 0) is 23.1 Å². The molecule has 0 fully saturated rings. The van der Waals surface area contributed by atoms with Crippen molar-refractivity contribution in [3.8, 4) is 10.7 Å². The van der Waals surface area contributed by atoms with Crippen molar-refractivity contribution in [3.05, 3.63) is 69.3 Å². The van der Waals surface area contributed by atoms with Crippen LogP contribution in [0.25, 0.3) is 10.7 Å². The second-order valence-electron chi connectivity index (χ2n) is 5.69. The van der Waals surface area contributed by atoms with E-state index in [-0.39, 0.29) is 0 Å². The molecule has 3 aromatic rings. The lowest BCUT2D eigenvalue weighted by atomic mass is 10.1. The zero-order chi connectivity index (χ0) is 15.6. The van der Waals surface area contributed by atoms with E-state index in [1.54, 1.807) is 11.3 Å². The molecule has 0 unspecified atom stereocenters. The number of benzene rings is 1. The molecule has 3 nitrogen and oxygen atoms in total. The molecule has 23 heavy (non-hydrogen) atoms. The highest BCUT2D eigenvalue weighted by Gasteiger charge is 2.19. The van der Waals surface area contributed by atoms with Crippen molar-refractivity contribution in [2.75, 3.05) is 6.54 Å². The molecule has 0 radical (unpaired) electrons. The van der Waals surface area contributed by atoms with Crippen LogP contribution < -0.4 is 0 Å². The third-order valence-corrected chi connectivity index (χ3v) is 5.75. The number of thiophene rings is 1. The molecule has 2 aromatic heterocycles. The van der Waals surface area contributed by atoms with Crippen LogP contribution in [0.1, 0.15) is 16.8 Å². The van der Waals surface area contributed by atoms with Gasteiger partial charge in [0.05, 0.1) is 10.6 Å². The van der Waals surface area contributed by atoms with E-state index in [1.807, 2.05) is 12.3 Å². The standard InChI is InChI=1S/C18H16BrN3S/c19-15-5-2-1-4-13(15)11-22-8-7-16-14(12-22)10-20-18(21-16)17-6-3-9-23-17/h1-6,9-10H,7-8,11-12H2. The molecule has 1 aliphatic heterocycles. The molecule has 3 heterocycles. The van der Waals surface area contributed by atoms with Crippen molar-refractivity contribution in [3.63, 3.8) is 0 Å². The highest BCUT2D eigenvalue weighted by molar-refractivity contribution is 9.10. The van der Waals surface area contributed by atoms with Gasteiger partial charge in [0.1, 0.15) is 0 Å². The van der Waals surface area contributed by atoms with E-state index in [0.717, 1.165) is 36.8 Å². The van der Waals surface area contributed by atoms with Crippen LogP contribution in [0.2, 0.25) is 0 Å². The molecular weight excluding hydrogens is 370 g/mol. The van der Waals surface area contributed by atoms with E-state index >= 15 is 0 Å². The summed E-state index contributed by atoms with van der Waals surface area (Å²) in [6.45, 7) is 2.91. The van der Waals surface area contributed by atoms with Gasteiger partial charge < -0.3 is 0 Å². The lowest BCUT2D eigenvalue weighted by Gasteiger charge is -2.28. The Bertz CT molecular complexity index is 817. The SMILES string of the molecule is Brc1ccccc1CN1CCc2nc(-c3cccs3)ncc2C1. The third kappa shape index (κ3) is 3.22. The van der Waals surface area contributed by atoms with E-state index in [0.29, 0.717) is 0 Å². The zero-order valence-corrected chi connectivity index (χ0v) is 15.0. The predicted molar refractivity (Wildman–Crippen MR) is 97.3 cm³/mol. The molecule has 0 N–H and O–H groups in total. The van der Waals surface area contributed by atoms with E-state index < -0.39 is 0 Å². The smallest absolute Gasteiger partial charge is 0.169 e. The highest BCUT2D eigenvalue weighted by Crippen LogP contribution is 2.25. The molecule has 0 aliphatic carbocycles. The molecule has 0 saturated carbocycles. The van der Waals surface area contributed by atoms with Gasteiger partial charge >= 0.3 is 0 Å². The van der Waals surface area contributed by atoms with Gasteiger partial charge in [0.15, 0.2) is 5.82 Å². The molecule has 0 amide bonds. The number of hydrogen-bond acceptors (Lipinski definition) is 4. The van der Waals surface area contributed by atoms with Gasteiger partial charge in [-0.3, -0.25) is 4.90 Å². The van der Waals surface area contributed by atoms with Crippen LogP contribution in [-0.2, 0) is 19.5 Å². The van der Waals surface area contributed by atoms with Crippen LogP contribution in [0.4, 0.5) is 0 Å². The van der Waals surface area contributed by atoms with Crippen molar-refractivity contribution in [1.29, 1.82) is 0 Å². The maximum absolute atomic E-state index is 4.78. The summed E-state index contributed by atoms with van der Waals surface area (Å²) in [5.74, 6) is 0.859. The zero-order valence-electron chi connectivity index (χ0n) is 12.6. The first-order valence-electron chi connectivity index (χ1n) is 7.64. The van der Waals surface area contributed by atoms with E-state index in [1.165, 1.54) is 21.3 Å². The first kappa shape index (κ1) is 15.0. The third-order valence-electron chi connectivity index (χ3n) is 4.11. The summed E-state index contributed by atoms with van der Waals surface area (Å²) in [7, 11) is 0. The topological polar surface area (TPSA) is 29.0 Å². The first-order valence-corrected chi connectivity index (χ1v) is 9.31. The summed E-state index contributed by atoms with van der Waals surface area (Å²) in [4.78, 5) is 12.9. The minimum atomic E-state index is 0.859. The van der Waals surface area contributed by atoms with Gasteiger partial charge in [-0.2, -0.15) is 0 Å². The van der Waals surface area contributed by atoms with Crippen LogP contribution in [0.5, 0.6) is 0 Å². The van der Waals surface area contributed by atoms with Crippen molar-refractivity contribution in [2.45, 2.75) is 19.5 Å². The normalized spacial score (nSPS) is 14.7. The molecule has 5 heteroatoms. The fourth-order valence-electron chi connectivity index (χ4n) is 2.90. The number of hydrogen-bond donors (Lipinski definition) is 0. The Balaban J connectivity index is 1.53. The molecule has 0 saturated heterocycles. The quantitative estimate of drug-likeness (QED) is 0.663. The van der Waals surface area contributed by atoms with Crippen LogP contribution in [0.3, 0.4) is 0 Å². The van der Waals surface area contributed by atoms with E-state index in [4.69, 9.17) is 4.98 Å². The summed E-state index contributed by atoms with van der Waals surface area (Å²) < 4.78 is 1.18. The molecule has 1 aliphatic rings. The maximum Gasteiger partial charge on any atom is 0.169 e. The molecule has 0 atom stereocenters. The second kappa shape index (κ2) is 6.51. The van der Waals surface area contributed by atoms with Crippen LogP contribution in [0, 0.1) is 0 Å². The Morgan fingerprint density at radius 1 is 1.17 bits per heavy atom. The highest BCUT2D eigenvalue weighted by atomic mass is 79.9. The second-order valence-corrected chi connectivity index (χ2v) is 7.50. The van der Waals surface area contributed by atoms with Crippen LogP contribution in [-0.4, -0.2) is 21.4 Å². The molecule has 0 bridgehead atoms. The summed E-state index contributed by atoms with van der Waals surface area (Å²) in [6, 6.07) is 12.5. The average molecular weight is 386 g/mol. The number of nitrogens with zero attached hydrogens (tertiary/aromatic N) is 3. The van der Waals surface area contributed by atoms with Gasteiger partial charge in [-0.15, -0.1) is 11.3 Å². The Kier molecular flexibility index (Phi) is 4.25. The van der Waals surface area contributed by atoms with Gasteiger partial charge in [-0.1, -0.05) is 40.2 Å². The molecule has 116 valence electrons.